The molecule has 2 atom stereocenters. The van der Waals surface area contributed by atoms with Crippen LogP contribution in [0.3, 0.4) is 0 Å². The maximum absolute atomic E-state index is 3.95. The summed E-state index contributed by atoms with van der Waals surface area (Å²) in [6.45, 7) is 9.43. The normalized spacial score (nSPS) is 14.4. The molecule has 0 bridgehead atoms. The van der Waals surface area contributed by atoms with Crippen LogP contribution in [0.1, 0.15) is 38.2 Å². The predicted molar refractivity (Wildman–Crippen MR) is 71.8 cm³/mol. The second-order valence-electron chi connectivity index (χ2n) is 4.14. The van der Waals surface area contributed by atoms with Crippen LogP contribution >= 0.6 is 0 Å². The summed E-state index contributed by atoms with van der Waals surface area (Å²) in [7, 11) is 0. The maximum Gasteiger partial charge on any atom is 0.0316 e. The number of rotatable bonds is 7. The summed E-state index contributed by atoms with van der Waals surface area (Å²) < 4.78 is 0. The molecule has 1 aromatic carbocycles. The fraction of sp³-hybridized carbons (Fsp3) is 0.467. The van der Waals surface area contributed by atoms with Crippen LogP contribution in [0, 0.1) is 0 Å². The van der Waals surface area contributed by atoms with Crippen molar-refractivity contribution in [3.05, 3.63) is 48.6 Å². The molecule has 0 aromatic heterocycles. The lowest BCUT2D eigenvalue weighted by Crippen LogP contribution is -2.33. The van der Waals surface area contributed by atoms with Crippen LogP contribution in [-0.4, -0.2) is 12.6 Å². The van der Waals surface area contributed by atoms with E-state index in [1.807, 2.05) is 6.08 Å². The lowest BCUT2D eigenvalue weighted by atomic mass is 9.89. The van der Waals surface area contributed by atoms with Crippen molar-refractivity contribution in [2.75, 3.05) is 6.54 Å². The third kappa shape index (κ3) is 3.49. The molecule has 1 N–H and O–H groups in total. The molecule has 0 aliphatic carbocycles. The van der Waals surface area contributed by atoms with Crippen LogP contribution in [0.2, 0.25) is 0 Å². The molecule has 0 heterocycles. The van der Waals surface area contributed by atoms with Crippen molar-refractivity contribution < 1.29 is 0 Å². The van der Waals surface area contributed by atoms with Crippen LogP contribution in [0.4, 0.5) is 0 Å². The Kier molecular flexibility index (Phi) is 5.87. The monoisotopic (exact) mass is 217 g/mol. The van der Waals surface area contributed by atoms with Gasteiger partial charge in [0.05, 0.1) is 0 Å². The van der Waals surface area contributed by atoms with Crippen LogP contribution in [0.5, 0.6) is 0 Å². The summed E-state index contributed by atoms with van der Waals surface area (Å²) in [6, 6.07) is 11.1. The standard InChI is InChI=1S/C15H23N/c1-4-12-16-15(6-3)14(5-2)13-10-8-7-9-11-13/h6-11,14-16H,3-5,12H2,1-2H3. The fourth-order valence-electron chi connectivity index (χ4n) is 2.10. The number of hydrogen-bond acceptors (Lipinski definition) is 1. The molecule has 16 heavy (non-hydrogen) atoms. The molecule has 0 spiro atoms. The van der Waals surface area contributed by atoms with Gasteiger partial charge in [0.1, 0.15) is 0 Å². The Hall–Kier alpha value is -1.08. The van der Waals surface area contributed by atoms with E-state index < -0.39 is 0 Å². The van der Waals surface area contributed by atoms with Gasteiger partial charge in [0.15, 0.2) is 0 Å². The van der Waals surface area contributed by atoms with E-state index in [0.717, 1.165) is 19.4 Å². The molecule has 88 valence electrons. The Balaban J connectivity index is 2.75. The Morgan fingerprint density at radius 3 is 2.44 bits per heavy atom. The SMILES string of the molecule is C=CC(NCCC)C(CC)c1ccccc1. The molecular formula is C15H23N. The van der Waals surface area contributed by atoms with Gasteiger partial charge in [-0.3, -0.25) is 0 Å². The fourth-order valence-corrected chi connectivity index (χ4v) is 2.10. The van der Waals surface area contributed by atoms with E-state index >= 15 is 0 Å². The molecule has 2 unspecified atom stereocenters. The number of hydrogen-bond donors (Lipinski definition) is 1. The van der Waals surface area contributed by atoms with Gasteiger partial charge in [0.2, 0.25) is 0 Å². The highest BCUT2D eigenvalue weighted by molar-refractivity contribution is 5.22. The quantitative estimate of drug-likeness (QED) is 0.686. The van der Waals surface area contributed by atoms with Crippen molar-refractivity contribution in [1.82, 2.24) is 5.32 Å². The second-order valence-corrected chi connectivity index (χ2v) is 4.14. The van der Waals surface area contributed by atoms with Crippen molar-refractivity contribution >= 4 is 0 Å². The molecule has 0 radical (unpaired) electrons. The van der Waals surface area contributed by atoms with Crippen LogP contribution in [0.25, 0.3) is 0 Å². The number of benzene rings is 1. The molecule has 0 saturated heterocycles. The molecule has 1 aromatic rings. The zero-order valence-electron chi connectivity index (χ0n) is 10.4. The lowest BCUT2D eigenvalue weighted by molar-refractivity contribution is 0.486. The second kappa shape index (κ2) is 7.24. The summed E-state index contributed by atoms with van der Waals surface area (Å²) >= 11 is 0. The van der Waals surface area contributed by atoms with E-state index in [2.05, 4.69) is 56.1 Å². The maximum atomic E-state index is 3.95. The summed E-state index contributed by atoms with van der Waals surface area (Å²) in [4.78, 5) is 0. The van der Waals surface area contributed by atoms with E-state index in [-0.39, 0.29) is 0 Å². The Labute approximate surface area is 99.6 Å². The van der Waals surface area contributed by atoms with E-state index in [4.69, 9.17) is 0 Å². The minimum absolute atomic E-state index is 0.382. The molecule has 1 heteroatoms. The summed E-state index contributed by atoms with van der Waals surface area (Å²) in [5.41, 5.74) is 1.40. The first-order valence-electron chi connectivity index (χ1n) is 6.24. The van der Waals surface area contributed by atoms with E-state index in [1.165, 1.54) is 5.56 Å². The van der Waals surface area contributed by atoms with Crippen LogP contribution in [0.15, 0.2) is 43.0 Å². The molecule has 1 nitrogen and oxygen atoms in total. The largest absolute Gasteiger partial charge is 0.310 e. The topological polar surface area (TPSA) is 12.0 Å². The van der Waals surface area contributed by atoms with Gasteiger partial charge in [-0.25, -0.2) is 0 Å². The first-order chi connectivity index (χ1) is 7.83. The van der Waals surface area contributed by atoms with E-state index in [1.54, 1.807) is 0 Å². The smallest absolute Gasteiger partial charge is 0.0316 e. The van der Waals surface area contributed by atoms with Gasteiger partial charge >= 0.3 is 0 Å². The highest BCUT2D eigenvalue weighted by Crippen LogP contribution is 2.23. The lowest BCUT2D eigenvalue weighted by Gasteiger charge is -2.25. The van der Waals surface area contributed by atoms with Crippen molar-refractivity contribution in [3.8, 4) is 0 Å². The zero-order valence-corrected chi connectivity index (χ0v) is 10.4. The van der Waals surface area contributed by atoms with Crippen molar-refractivity contribution in [2.24, 2.45) is 0 Å². The van der Waals surface area contributed by atoms with Crippen molar-refractivity contribution in [1.29, 1.82) is 0 Å². The first kappa shape index (κ1) is 13.0. The van der Waals surface area contributed by atoms with Gasteiger partial charge in [-0.2, -0.15) is 0 Å². The van der Waals surface area contributed by atoms with Crippen LogP contribution < -0.4 is 5.32 Å². The van der Waals surface area contributed by atoms with Crippen LogP contribution in [-0.2, 0) is 0 Å². The molecule has 0 aliphatic heterocycles. The highest BCUT2D eigenvalue weighted by Gasteiger charge is 2.17. The molecule has 0 aliphatic rings. The predicted octanol–water partition coefficient (Wildman–Crippen LogP) is 3.73. The third-order valence-electron chi connectivity index (χ3n) is 2.99. The zero-order chi connectivity index (χ0) is 11.8. The van der Waals surface area contributed by atoms with Gasteiger partial charge in [-0.15, -0.1) is 6.58 Å². The van der Waals surface area contributed by atoms with Gasteiger partial charge in [-0.05, 0) is 24.9 Å². The van der Waals surface area contributed by atoms with E-state index in [9.17, 15) is 0 Å². The van der Waals surface area contributed by atoms with Gasteiger partial charge in [-0.1, -0.05) is 50.3 Å². The summed E-state index contributed by atoms with van der Waals surface area (Å²) in [5.74, 6) is 0.533. The molecule has 0 saturated carbocycles. The minimum Gasteiger partial charge on any atom is -0.310 e. The average Bonchev–Trinajstić information content (AvgIpc) is 2.35. The van der Waals surface area contributed by atoms with Gasteiger partial charge in [0, 0.05) is 12.0 Å². The molecule has 0 fully saturated rings. The Morgan fingerprint density at radius 2 is 1.94 bits per heavy atom. The molecule has 0 amide bonds. The van der Waals surface area contributed by atoms with E-state index in [0.29, 0.717) is 12.0 Å². The highest BCUT2D eigenvalue weighted by atomic mass is 14.9. The Bertz CT molecular complexity index is 292. The van der Waals surface area contributed by atoms with Crippen molar-refractivity contribution in [3.63, 3.8) is 0 Å². The van der Waals surface area contributed by atoms with Gasteiger partial charge < -0.3 is 5.32 Å². The number of nitrogens with one attached hydrogen (secondary N) is 1. The third-order valence-corrected chi connectivity index (χ3v) is 2.99. The average molecular weight is 217 g/mol. The minimum atomic E-state index is 0.382. The molecular weight excluding hydrogens is 194 g/mol. The summed E-state index contributed by atoms with van der Waals surface area (Å²) in [6.07, 6.45) is 4.34. The Morgan fingerprint density at radius 1 is 1.25 bits per heavy atom. The van der Waals surface area contributed by atoms with Gasteiger partial charge in [0.25, 0.3) is 0 Å². The van der Waals surface area contributed by atoms with Crippen molar-refractivity contribution in [2.45, 2.75) is 38.6 Å². The first-order valence-corrected chi connectivity index (χ1v) is 6.24. The molecule has 1 rings (SSSR count). The summed E-state index contributed by atoms with van der Waals surface area (Å²) in [5, 5.41) is 3.55.